The number of rotatable bonds is 14. The van der Waals surface area contributed by atoms with Crippen LogP contribution in [0, 0.1) is 0 Å². The van der Waals surface area contributed by atoms with Crippen LogP contribution >= 0.6 is 0 Å². The van der Waals surface area contributed by atoms with Gasteiger partial charge in [-0.05, 0) is 0 Å². The van der Waals surface area contributed by atoms with Crippen molar-refractivity contribution in [3.8, 4) is 0 Å². The predicted molar refractivity (Wildman–Crippen MR) is 118 cm³/mol. The minimum atomic E-state index is -2.20. The minimum absolute atomic E-state index is 1.07. The molecular formula is C24H40Sn. The van der Waals surface area contributed by atoms with E-state index in [1.165, 1.54) is 44.1 Å². The molecule has 0 N–H and O–H groups in total. The molecule has 1 heteroatoms. The Morgan fingerprint density at radius 1 is 0.880 bits per heavy atom. The number of hydrogen-bond acceptors (Lipinski definition) is 0. The van der Waals surface area contributed by atoms with E-state index in [9.17, 15) is 0 Å². The van der Waals surface area contributed by atoms with Gasteiger partial charge in [-0.3, -0.25) is 0 Å². The summed E-state index contributed by atoms with van der Waals surface area (Å²) in [7, 11) is 0. The Kier molecular flexibility index (Phi) is 12.3. The SMILES string of the molecule is C=CC/C(=[CH]/[Sn]([CH2]CCC)([CH2]CCC)[CH2]CCC)Cc1ccccc1. The van der Waals surface area contributed by atoms with Crippen molar-refractivity contribution >= 4 is 18.4 Å². The standard InChI is InChI=1S/C12H13.3C4H9.Sn/c1-3-7-11(2)10-12-8-5-4-6-9-12;3*1-3-4-2;/h2-6,8-9H,1,7,10H2;3*1,3-4H2,2H3;. The fourth-order valence-electron chi connectivity index (χ4n) is 3.84. The van der Waals surface area contributed by atoms with Crippen LogP contribution in [-0.2, 0) is 6.42 Å². The van der Waals surface area contributed by atoms with Gasteiger partial charge in [0.2, 0.25) is 0 Å². The Bertz CT molecular complexity index is 464. The first-order chi connectivity index (χ1) is 12.2. The second kappa shape index (κ2) is 13.7. The van der Waals surface area contributed by atoms with Crippen molar-refractivity contribution in [2.45, 2.75) is 85.4 Å². The molecule has 1 aromatic carbocycles. The van der Waals surface area contributed by atoms with Gasteiger partial charge in [-0.2, -0.15) is 0 Å². The van der Waals surface area contributed by atoms with Crippen molar-refractivity contribution in [1.82, 2.24) is 0 Å². The molecule has 1 aromatic rings. The number of unbranched alkanes of at least 4 members (excludes halogenated alkanes) is 3. The number of benzene rings is 1. The van der Waals surface area contributed by atoms with Gasteiger partial charge in [0.05, 0.1) is 0 Å². The molecule has 0 nitrogen and oxygen atoms in total. The summed E-state index contributed by atoms with van der Waals surface area (Å²) in [6, 6.07) is 11.0. The topological polar surface area (TPSA) is 0 Å². The summed E-state index contributed by atoms with van der Waals surface area (Å²) in [6.45, 7) is 11.1. The third-order valence-corrected chi connectivity index (χ3v) is 19.7. The zero-order valence-electron chi connectivity index (χ0n) is 17.0. The van der Waals surface area contributed by atoms with E-state index in [4.69, 9.17) is 0 Å². The summed E-state index contributed by atoms with van der Waals surface area (Å²) < 4.78 is 7.56. The molecule has 0 spiro atoms. The maximum atomic E-state index is 4.04. The van der Waals surface area contributed by atoms with Crippen LogP contribution in [0.5, 0.6) is 0 Å². The van der Waals surface area contributed by atoms with E-state index in [1.807, 2.05) is 0 Å². The van der Waals surface area contributed by atoms with Crippen molar-refractivity contribution < 1.29 is 0 Å². The van der Waals surface area contributed by atoms with Crippen molar-refractivity contribution in [2.75, 3.05) is 0 Å². The molecule has 0 saturated carbocycles. The molecule has 0 fully saturated rings. The van der Waals surface area contributed by atoms with Gasteiger partial charge in [-0.15, -0.1) is 0 Å². The van der Waals surface area contributed by atoms with Crippen LogP contribution in [-0.4, -0.2) is 18.4 Å². The molecule has 0 amide bonds. The second-order valence-corrected chi connectivity index (χ2v) is 20.5. The molecule has 25 heavy (non-hydrogen) atoms. The summed E-state index contributed by atoms with van der Waals surface area (Å²) in [5.41, 5.74) is 3.11. The third-order valence-electron chi connectivity index (χ3n) is 5.28. The van der Waals surface area contributed by atoms with Gasteiger partial charge in [-0.1, -0.05) is 0 Å². The fraction of sp³-hybridized carbons (Fsp3) is 0.583. The number of allylic oxidation sites excluding steroid dienone is 2. The van der Waals surface area contributed by atoms with E-state index in [2.05, 4.69) is 67.8 Å². The van der Waals surface area contributed by atoms with Crippen molar-refractivity contribution in [3.05, 3.63) is 58.2 Å². The Morgan fingerprint density at radius 3 is 1.84 bits per heavy atom. The van der Waals surface area contributed by atoms with E-state index < -0.39 is 18.4 Å². The molecule has 0 aliphatic heterocycles. The van der Waals surface area contributed by atoms with E-state index in [-0.39, 0.29) is 0 Å². The van der Waals surface area contributed by atoms with Crippen LogP contribution in [0.25, 0.3) is 0 Å². The zero-order valence-corrected chi connectivity index (χ0v) is 19.9. The summed E-state index contributed by atoms with van der Waals surface area (Å²) in [4.78, 5) is 0. The normalized spacial score (nSPS) is 12.4. The van der Waals surface area contributed by atoms with Crippen molar-refractivity contribution in [3.63, 3.8) is 0 Å². The van der Waals surface area contributed by atoms with Gasteiger partial charge in [-0.25, -0.2) is 0 Å². The van der Waals surface area contributed by atoms with Gasteiger partial charge in [0, 0.05) is 0 Å². The van der Waals surface area contributed by atoms with Crippen molar-refractivity contribution in [2.24, 2.45) is 0 Å². The first-order valence-corrected chi connectivity index (χ1v) is 18.2. The van der Waals surface area contributed by atoms with E-state index in [0.29, 0.717) is 0 Å². The summed E-state index contributed by atoms with van der Waals surface area (Å²) in [5.74, 6) is 0. The van der Waals surface area contributed by atoms with E-state index >= 15 is 0 Å². The molecule has 0 aromatic heterocycles. The Balaban J connectivity index is 3.09. The average Bonchev–Trinajstić information content (AvgIpc) is 2.64. The van der Waals surface area contributed by atoms with Crippen LogP contribution in [0.2, 0.25) is 13.3 Å². The van der Waals surface area contributed by atoms with Crippen LogP contribution in [0.4, 0.5) is 0 Å². The molecule has 0 heterocycles. The zero-order chi connectivity index (χ0) is 18.4. The molecule has 0 aliphatic carbocycles. The predicted octanol–water partition coefficient (Wildman–Crippen LogP) is 8.12. The number of hydrogen-bond donors (Lipinski definition) is 0. The molecule has 0 atom stereocenters. The third kappa shape index (κ3) is 9.13. The van der Waals surface area contributed by atoms with Gasteiger partial charge < -0.3 is 0 Å². The first-order valence-electron chi connectivity index (χ1n) is 10.5. The Labute approximate surface area is 161 Å². The second-order valence-electron chi connectivity index (χ2n) is 7.63. The first kappa shape index (κ1) is 22.5. The molecule has 0 radical (unpaired) electrons. The summed E-state index contributed by atoms with van der Waals surface area (Å²) in [5, 5.41) is 0. The molecule has 0 unspecified atom stereocenters. The molecule has 0 aliphatic rings. The molecule has 1 rings (SSSR count). The molecule has 140 valence electrons. The van der Waals surface area contributed by atoms with Gasteiger partial charge >= 0.3 is 162 Å². The quantitative estimate of drug-likeness (QED) is 0.200. The summed E-state index contributed by atoms with van der Waals surface area (Å²) in [6.07, 6.45) is 12.7. The monoisotopic (exact) mass is 448 g/mol. The van der Waals surface area contributed by atoms with Crippen LogP contribution in [0.3, 0.4) is 0 Å². The maximum absolute atomic E-state index is 4.04. The van der Waals surface area contributed by atoms with E-state index in [1.54, 1.807) is 18.9 Å². The van der Waals surface area contributed by atoms with Crippen molar-refractivity contribution in [1.29, 1.82) is 0 Å². The Hall–Kier alpha value is -0.501. The van der Waals surface area contributed by atoms with Crippen LogP contribution in [0.15, 0.2) is 52.7 Å². The van der Waals surface area contributed by atoms with E-state index in [0.717, 1.165) is 12.8 Å². The van der Waals surface area contributed by atoms with Gasteiger partial charge in [0.15, 0.2) is 0 Å². The molecule has 0 saturated heterocycles. The van der Waals surface area contributed by atoms with Gasteiger partial charge in [0.1, 0.15) is 0 Å². The average molecular weight is 447 g/mol. The van der Waals surface area contributed by atoms with Crippen LogP contribution in [0.1, 0.15) is 71.3 Å². The molecular weight excluding hydrogens is 407 g/mol. The summed E-state index contributed by atoms with van der Waals surface area (Å²) >= 11 is -2.20. The molecule has 0 bridgehead atoms. The van der Waals surface area contributed by atoms with Gasteiger partial charge in [0.25, 0.3) is 0 Å². The fourth-order valence-corrected chi connectivity index (χ4v) is 19.4. The van der Waals surface area contributed by atoms with Crippen LogP contribution < -0.4 is 0 Å². The Morgan fingerprint density at radius 2 is 1.40 bits per heavy atom.